The van der Waals surface area contributed by atoms with Crippen LogP contribution in [0.5, 0.6) is 0 Å². The van der Waals surface area contributed by atoms with Crippen molar-refractivity contribution >= 4 is 7.85 Å². The zero-order valence-corrected chi connectivity index (χ0v) is 20.1. The molecule has 0 heterocycles. The van der Waals surface area contributed by atoms with E-state index in [2.05, 4.69) is 13.8 Å². The van der Waals surface area contributed by atoms with Crippen molar-refractivity contribution < 1.29 is 0 Å². The molecule has 1 unspecified atom stereocenters. The van der Waals surface area contributed by atoms with Crippen LogP contribution in [0.2, 0.25) is 5.82 Å². The summed E-state index contributed by atoms with van der Waals surface area (Å²) in [5, 5.41) is 0. The maximum absolute atomic E-state index is 6.23. The Balaban J connectivity index is 3.06. The highest BCUT2D eigenvalue weighted by Gasteiger charge is 2.01. The van der Waals surface area contributed by atoms with Gasteiger partial charge in [-0.15, -0.1) is 0 Å². The SMILES string of the molecule is [B]C(CCCCCC)CCCCCCCCCCCCCCCCCCCC. The molecule has 0 nitrogen and oxygen atoms in total. The fraction of sp³-hybridized carbons (Fsp3) is 1.00. The van der Waals surface area contributed by atoms with Crippen molar-refractivity contribution in [2.75, 3.05) is 0 Å². The van der Waals surface area contributed by atoms with Crippen LogP contribution in [0, 0.1) is 0 Å². The van der Waals surface area contributed by atoms with E-state index >= 15 is 0 Å². The van der Waals surface area contributed by atoms with Gasteiger partial charge in [-0.2, -0.15) is 0 Å². The minimum Gasteiger partial charge on any atom is -0.0774 e. The summed E-state index contributed by atoms with van der Waals surface area (Å²) in [4.78, 5) is 0. The van der Waals surface area contributed by atoms with Gasteiger partial charge in [-0.05, 0) is 0 Å². The van der Waals surface area contributed by atoms with Gasteiger partial charge in [0.25, 0.3) is 0 Å². The van der Waals surface area contributed by atoms with E-state index in [0.717, 1.165) is 0 Å². The van der Waals surface area contributed by atoms with E-state index in [0.29, 0.717) is 5.82 Å². The molecule has 0 amide bonds. The predicted molar refractivity (Wildman–Crippen MR) is 132 cm³/mol. The molecule has 0 fully saturated rings. The van der Waals surface area contributed by atoms with Gasteiger partial charge in [-0.1, -0.05) is 174 Å². The molecule has 0 aliphatic carbocycles. The molecule has 0 saturated carbocycles. The van der Waals surface area contributed by atoms with Gasteiger partial charge < -0.3 is 0 Å². The van der Waals surface area contributed by atoms with Crippen LogP contribution < -0.4 is 0 Å². The molecule has 166 valence electrons. The Labute approximate surface area is 181 Å². The third kappa shape index (κ3) is 24.1. The summed E-state index contributed by atoms with van der Waals surface area (Å²) in [6.07, 6.45) is 34.1. The van der Waals surface area contributed by atoms with Gasteiger partial charge >= 0.3 is 0 Å². The predicted octanol–water partition coefficient (Wildman–Crippen LogP) is 10.3. The molecule has 1 atom stereocenters. The third-order valence-corrected chi connectivity index (χ3v) is 6.36. The molecule has 0 bridgehead atoms. The molecular weight excluding hydrogens is 335 g/mol. The number of unbranched alkanes of at least 4 members (excludes halogenated alkanes) is 20. The normalized spacial score (nSPS) is 12.5. The summed E-state index contributed by atoms with van der Waals surface area (Å²) < 4.78 is 0. The second-order valence-corrected chi connectivity index (χ2v) is 9.41. The Morgan fingerprint density at radius 2 is 0.571 bits per heavy atom. The van der Waals surface area contributed by atoms with Crippen molar-refractivity contribution in [3.05, 3.63) is 0 Å². The van der Waals surface area contributed by atoms with E-state index in [-0.39, 0.29) is 0 Å². The van der Waals surface area contributed by atoms with Gasteiger partial charge in [-0.25, -0.2) is 0 Å². The number of hydrogen-bond acceptors (Lipinski definition) is 0. The first-order valence-corrected chi connectivity index (χ1v) is 13.6. The molecule has 0 aliphatic rings. The Hall–Kier alpha value is 0.0649. The molecule has 0 aliphatic heterocycles. The van der Waals surface area contributed by atoms with Gasteiger partial charge in [0.1, 0.15) is 0 Å². The first-order chi connectivity index (χ1) is 13.8. The molecule has 0 saturated heterocycles. The summed E-state index contributed by atoms with van der Waals surface area (Å²) >= 11 is 0. The lowest BCUT2D eigenvalue weighted by Crippen LogP contribution is -1.93. The molecule has 0 rings (SSSR count). The summed E-state index contributed by atoms with van der Waals surface area (Å²) in [7, 11) is 6.23. The maximum Gasteiger partial charge on any atom is 0.0699 e. The van der Waals surface area contributed by atoms with Crippen molar-refractivity contribution in [3.63, 3.8) is 0 Å². The average Bonchev–Trinajstić information content (AvgIpc) is 2.70. The van der Waals surface area contributed by atoms with Crippen LogP contribution in [0.4, 0.5) is 0 Å². The molecule has 0 aromatic heterocycles. The lowest BCUT2D eigenvalue weighted by molar-refractivity contribution is 0.517. The fourth-order valence-electron chi connectivity index (χ4n) is 4.29. The first kappa shape index (κ1) is 28.1. The van der Waals surface area contributed by atoms with E-state index in [1.807, 2.05) is 0 Å². The number of hydrogen-bond donors (Lipinski definition) is 0. The highest BCUT2D eigenvalue weighted by molar-refractivity contribution is 6.11. The highest BCUT2D eigenvalue weighted by Crippen LogP contribution is 2.20. The second kappa shape index (κ2) is 25.1. The van der Waals surface area contributed by atoms with E-state index < -0.39 is 0 Å². The fourth-order valence-corrected chi connectivity index (χ4v) is 4.29. The summed E-state index contributed by atoms with van der Waals surface area (Å²) in [6.45, 7) is 4.58. The summed E-state index contributed by atoms with van der Waals surface area (Å²) in [6, 6.07) is 0. The van der Waals surface area contributed by atoms with E-state index in [4.69, 9.17) is 7.85 Å². The molecule has 0 spiro atoms. The molecule has 0 N–H and O–H groups in total. The van der Waals surface area contributed by atoms with Crippen molar-refractivity contribution in [3.8, 4) is 0 Å². The van der Waals surface area contributed by atoms with Gasteiger partial charge in [0.05, 0.1) is 7.85 Å². The van der Waals surface area contributed by atoms with Crippen LogP contribution in [-0.4, -0.2) is 7.85 Å². The summed E-state index contributed by atoms with van der Waals surface area (Å²) in [5.74, 6) is 0.470. The highest BCUT2D eigenvalue weighted by atomic mass is 14.0. The second-order valence-electron chi connectivity index (χ2n) is 9.41. The maximum atomic E-state index is 6.23. The Morgan fingerprint density at radius 3 is 0.857 bits per heavy atom. The zero-order chi connectivity index (χ0) is 20.5. The third-order valence-electron chi connectivity index (χ3n) is 6.36. The van der Waals surface area contributed by atoms with Crippen LogP contribution in [0.25, 0.3) is 0 Å². The Kier molecular flexibility index (Phi) is 25.2. The van der Waals surface area contributed by atoms with Crippen LogP contribution in [-0.2, 0) is 0 Å². The molecule has 0 aromatic carbocycles. The largest absolute Gasteiger partial charge is 0.0774 e. The quantitative estimate of drug-likeness (QED) is 0.114. The zero-order valence-electron chi connectivity index (χ0n) is 20.1. The van der Waals surface area contributed by atoms with Crippen molar-refractivity contribution in [2.45, 2.75) is 174 Å². The van der Waals surface area contributed by atoms with Crippen molar-refractivity contribution in [1.29, 1.82) is 0 Å². The van der Waals surface area contributed by atoms with E-state index in [1.54, 1.807) is 0 Å². The minimum absolute atomic E-state index is 0.470. The standard InChI is InChI=1S/C27H55B/c1-3-5-7-9-10-11-12-13-14-15-16-17-18-19-20-21-22-24-26-27(28)25-23-8-6-4-2/h27H,3-26H2,1-2H3. The topological polar surface area (TPSA) is 0 Å². The molecule has 0 aromatic rings. The molecule has 2 radical (unpaired) electrons. The average molecular weight is 391 g/mol. The van der Waals surface area contributed by atoms with Gasteiger partial charge in [-0.3, -0.25) is 0 Å². The molecule has 1 heteroatoms. The van der Waals surface area contributed by atoms with E-state index in [9.17, 15) is 0 Å². The molecule has 28 heavy (non-hydrogen) atoms. The lowest BCUT2D eigenvalue weighted by atomic mass is 9.79. The van der Waals surface area contributed by atoms with E-state index in [1.165, 1.54) is 154 Å². The Bertz CT molecular complexity index is 263. The van der Waals surface area contributed by atoms with Gasteiger partial charge in [0, 0.05) is 0 Å². The Morgan fingerprint density at radius 1 is 0.357 bits per heavy atom. The monoisotopic (exact) mass is 390 g/mol. The minimum atomic E-state index is 0.470. The first-order valence-electron chi connectivity index (χ1n) is 13.6. The summed E-state index contributed by atoms with van der Waals surface area (Å²) in [5.41, 5.74) is 0. The van der Waals surface area contributed by atoms with Gasteiger partial charge in [0.15, 0.2) is 0 Å². The van der Waals surface area contributed by atoms with Crippen LogP contribution in [0.15, 0.2) is 0 Å². The number of rotatable bonds is 24. The van der Waals surface area contributed by atoms with Crippen LogP contribution >= 0.6 is 0 Å². The lowest BCUT2D eigenvalue weighted by Gasteiger charge is -2.11. The van der Waals surface area contributed by atoms with Gasteiger partial charge in [0.2, 0.25) is 0 Å². The van der Waals surface area contributed by atoms with Crippen molar-refractivity contribution in [1.82, 2.24) is 0 Å². The van der Waals surface area contributed by atoms with Crippen LogP contribution in [0.3, 0.4) is 0 Å². The van der Waals surface area contributed by atoms with Crippen LogP contribution in [0.1, 0.15) is 168 Å². The van der Waals surface area contributed by atoms with Crippen molar-refractivity contribution in [2.24, 2.45) is 0 Å². The smallest absolute Gasteiger partial charge is 0.0699 e. The molecular formula is C27H55B.